The van der Waals surface area contributed by atoms with Gasteiger partial charge in [-0.1, -0.05) is 34.8 Å². The first-order chi connectivity index (χ1) is 9.06. The average molecular weight is 334 g/mol. The first-order valence-electron chi connectivity index (χ1n) is 5.95. The third-order valence-electron chi connectivity index (χ3n) is 3.36. The second-order valence-electron chi connectivity index (χ2n) is 4.59. The molecule has 100 valence electrons. The third-order valence-corrected chi connectivity index (χ3v) is 5.24. The van der Waals surface area contributed by atoms with Gasteiger partial charge >= 0.3 is 0 Å². The van der Waals surface area contributed by atoms with Crippen LogP contribution in [-0.4, -0.2) is 4.98 Å². The Morgan fingerprint density at radius 3 is 2.58 bits per heavy atom. The molecule has 0 radical (unpaired) electrons. The van der Waals surface area contributed by atoms with E-state index in [0.29, 0.717) is 20.2 Å². The van der Waals surface area contributed by atoms with Gasteiger partial charge in [-0.15, -0.1) is 11.3 Å². The summed E-state index contributed by atoms with van der Waals surface area (Å²) in [5.41, 5.74) is 7.85. The molecule has 1 aliphatic carbocycles. The quantitative estimate of drug-likeness (QED) is 0.783. The Hall–Kier alpha value is -0.480. The molecular formula is C13H11Cl3N2S. The Bertz CT molecular complexity index is 616. The minimum atomic E-state index is 0.177. The van der Waals surface area contributed by atoms with Gasteiger partial charge in [0.2, 0.25) is 0 Å². The number of nitrogens with two attached hydrogens (primary N) is 1. The molecule has 0 bridgehead atoms. The fraction of sp³-hybridized carbons (Fsp3) is 0.308. The van der Waals surface area contributed by atoms with Crippen LogP contribution in [0.4, 0.5) is 5.13 Å². The van der Waals surface area contributed by atoms with Crippen LogP contribution >= 0.6 is 46.1 Å². The summed E-state index contributed by atoms with van der Waals surface area (Å²) >= 11 is 20.1. The van der Waals surface area contributed by atoms with Gasteiger partial charge in [-0.3, -0.25) is 0 Å². The highest BCUT2D eigenvalue weighted by molar-refractivity contribution is 7.15. The lowest BCUT2D eigenvalue weighted by Crippen LogP contribution is -2.10. The van der Waals surface area contributed by atoms with Crippen molar-refractivity contribution < 1.29 is 0 Å². The smallest absolute Gasteiger partial charge is 0.180 e. The molecule has 2 nitrogen and oxygen atoms in total. The van der Waals surface area contributed by atoms with E-state index >= 15 is 0 Å². The number of halogens is 3. The summed E-state index contributed by atoms with van der Waals surface area (Å²) in [6.07, 6.45) is 3.05. The number of benzene rings is 1. The number of hydrogen-bond donors (Lipinski definition) is 1. The highest BCUT2D eigenvalue weighted by atomic mass is 35.5. The number of aryl methyl sites for hydroxylation is 1. The first-order valence-corrected chi connectivity index (χ1v) is 7.91. The lowest BCUT2D eigenvalue weighted by atomic mass is 9.86. The molecule has 1 unspecified atom stereocenters. The van der Waals surface area contributed by atoms with Crippen LogP contribution in [0.2, 0.25) is 15.1 Å². The van der Waals surface area contributed by atoms with Crippen molar-refractivity contribution in [2.24, 2.45) is 0 Å². The predicted octanol–water partition coefficient (Wildman–Crippen LogP) is 5.15. The number of nitrogen functional groups attached to an aromatic ring is 1. The molecule has 0 spiro atoms. The minimum absolute atomic E-state index is 0.177. The molecule has 1 aromatic heterocycles. The topological polar surface area (TPSA) is 38.9 Å². The van der Waals surface area contributed by atoms with Crippen molar-refractivity contribution in [2.45, 2.75) is 25.2 Å². The third kappa shape index (κ3) is 2.45. The van der Waals surface area contributed by atoms with Gasteiger partial charge in [-0.25, -0.2) is 4.98 Å². The molecule has 1 atom stereocenters. The SMILES string of the molecule is Nc1nc2c(s1)C(c1c(Cl)cc(Cl)cc1Cl)CCC2. The molecule has 1 aliphatic rings. The van der Waals surface area contributed by atoms with Crippen molar-refractivity contribution in [3.05, 3.63) is 43.3 Å². The number of anilines is 1. The number of thiazole rings is 1. The molecule has 0 aliphatic heterocycles. The summed E-state index contributed by atoms with van der Waals surface area (Å²) in [6.45, 7) is 0. The molecule has 0 fully saturated rings. The van der Waals surface area contributed by atoms with Gasteiger partial charge in [-0.05, 0) is 37.0 Å². The minimum Gasteiger partial charge on any atom is -0.375 e. The Morgan fingerprint density at radius 2 is 1.89 bits per heavy atom. The Morgan fingerprint density at radius 1 is 1.21 bits per heavy atom. The van der Waals surface area contributed by atoms with E-state index in [1.54, 1.807) is 12.1 Å². The van der Waals surface area contributed by atoms with E-state index in [2.05, 4.69) is 4.98 Å². The second kappa shape index (κ2) is 5.13. The molecular weight excluding hydrogens is 323 g/mol. The highest BCUT2D eigenvalue weighted by Gasteiger charge is 2.28. The van der Waals surface area contributed by atoms with Gasteiger partial charge < -0.3 is 5.73 Å². The zero-order valence-electron chi connectivity index (χ0n) is 9.92. The first kappa shape index (κ1) is 13.5. The molecule has 2 N–H and O–H groups in total. The Balaban J connectivity index is 2.14. The molecule has 6 heteroatoms. The molecule has 1 aromatic carbocycles. The normalized spacial score (nSPS) is 18.4. The largest absolute Gasteiger partial charge is 0.375 e. The van der Waals surface area contributed by atoms with Crippen LogP contribution in [0.1, 0.15) is 34.9 Å². The standard InChI is InChI=1S/C13H11Cl3N2S/c14-6-4-8(15)11(9(16)5-6)7-2-1-3-10-12(7)19-13(17)18-10/h4-5,7H,1-3H2,(H2,17,18). The van der Waals surface area contributed by atoms with Crippen LogP contribution in [-0.2, 0) is 6.42 Å². The summed E-state index contributed by atoms with van der Waals surface area (Å²) < 4.78 is 0. The van der Waals surface area contributed by atoms with Crippen LogP contribution < -0.4 is 5.73 Å². The molecule has 1 heterocycles. The lowest BCUT2D eigenvalue weighted by Gasteiger charge is -2.23. The Kier molecular flexibility index (Phi) is 3.65. The fourth-order valence-corrected chi connectivity index (χ4v) is 4.71. The van der Waals surface area contributed by atoms with E-state index in [1.807, 2.05) is 0 Å². The van der Waals surface area contributed by atoms with Gasteiger partial charge in [-0.2, -0.15) is 0 Å². The van der Waals surface area contributed by atoms with Gasteiger partial charge in [0, 0.05) is 25.9 Å². The summed E-state index contributed by atoms with van der Waals surface area (Å²) in [5, 5.41) is 2.39. The van der Waals surface area contributed by atoms with Crippen LogP contribution in [0.25, 0.3) is 0 Å². The zero-order valence-corrected chi connectivity index (χ0v) is 13.0. The van der Waals surface area contributed by atoms with Gasteiger partial charge in [0.05, 0.1) is 5.69 Å². The van der Waals surface area contributed by atoms with Crippen molar-refractivity contribution in [1.82, 2.24) is 4.98 Å². The zero-order chi connectivity index (χ0) is 13.6. The van der Waals surface area contributed by atoms with E-state index in [0.717, 1.165) is 30.5 Å². The molecule has 2 aromatic rings. The molecule has 0 amide bonds. The monoisotopic (exact) mass is 332 g/mol. The molecule has 3 rings (SSSR count). The summed E-state index contributed by atoms with van der Waals surface area (Å²) in [6, 6.07) is 3.48. The van der Waals surface area contributed by atoms with Crippen LogP contribution in [0, 0.1) is 0 Å². The highest BCUT2D eigenvalue weighted by Crippen LogP contribution is 2.46. The maximum atomic E-state index is 6.33. The van der Waals surface area contributed by atoms with Crippen LogP contribution in [0.15, 0.2) is 12.1 Å². The second-order valence-corrected chi connectivity index (χ2v) is 6.90. The predicted molar refractivity (Wildman–Crippen MR) is 82.8 cm³/mol. The van der Waals surface area contributed by atoms with Crippen molar-refractivity contribution >= 4 is 51.3 Å². The van der Waals surface area contributed by atoms with E-state index in [1.165, 1.54) is 16.2 Å². The van der Waals surface area contributed by atoms with Gasteiger partial charge in [0.15, 0.2) is 5.13 Å². The summed E-state index contributed by atoms with van der Waals surface area (Å²) in [5.74, 6) is 0.177. The number of rotatable bonds is 1. The molecule has 19 heavy (non-hydrogen) atoms. The van der Waals surface area contributed by atoms with Crippen molar-refractivity contribution in [1.29, 1.82) is 0 Å². The van der Waals surface area contributed by atoms with Gasteiger partial charge in [0.1, 0.15) is 0 Å². The lowest BCUT2D eigenvalue weighted by molar-refractivity contribution is 0.617. The van der Waals surface area contributed by atoms with E-state index in [4.69, 9.17) is 40.5 Å². The van der Waals surface area contributed by atoms with Crippen LogP contribution in [0.5, 0.6) is 0 Å². The van der Waals surface area contributed by atoms with E-state index in [-0.39, 0.29) is 5.92 Å². The van der Waals surface area contributed by atoms with Crippen LogP contribution in [0.3, 0.4) is 0 Å². The molecule has 0 saturated carbocycles. The molecule has 0 saturated heterocycles. The fourth-order valence-electron chi connectivity index (χ4n) is 2.60. The van der Waals surface area contributed by atoms with E-state index in [9.17, 15) is 0 Å². The number of aromatic nitrogens is 1. The van der Waals surface area contributed by atoms with Crippen molar-refractivity contribution in [2.75, 3.05) is 5.73 Å². The number of fused-ring (bicyclic) bond motifs is 1. The van der Waals surface area contributed by atoms with Crippen molar-refractivity contribution in [3.8, 4) is 0 Å². The van der Waals surface area contributed by atoms with E-state index < -0.39 is 0 Å². The summed E-state index contributed by atoms with van der Waals surface area (Å²) in [7, 11) is 0. The summed E-state index contributed by atoms with van der Waals surface area (Å²) in [4.78, 5) is 5.58. The number of nitrogens with zero attached hydrogens (tertiary/aromatic N) is 1. The maximum Gasteiger partial charge on any atom is 0.180 e. The average Bonchev–Trinajstić information content (AvgIpc) is 2.68. The van der Waals surface area contributed by atoms with Crippen molar-refractivity contribution in [3.63, 3.8) is 0 Å². The maximum absolute atomic E-state index is 6.33. The Labute approximate surface area is 130 Å². The number of hydrogen-bond acceptors (Lipinski definition) is 3. The van der Waals surface area contributed by atoms with Gasteiger partial charge in [0.25, 0.3) is 0 Å².